The van der Waals surface area contributed by atoms with Gasteiger partial charge in [-0.2, -0.15) is 0 Å². The highest BCUT2D eigenvalue weighted by atomic mass is 35.5. The number of hydrogen-bond acceptors (Lipinski definition) is 4. The van der Waals surface area contributed by atoms with Crippen LogP contribution in [0, 0.1) is 0 Å². The summed E-state index contributed by atoms with van der Waals surface area (Å²) in [5.74, 6) is 0.521. The van der Waals surface area contributed by atoms with E-state index in [-0.39, 0.29) is 12.4 Å². The monoisotopic (exact) mass is 402 g/mol. The van der Waals surface area contributed by atoms with Gasteiger partial charge in [-0.1, -0.05) is 29.8 Å². The van der Waals surface area contributed by atoms with Crippen LogP contribution in [0.15, 0.2) is 48.5 Å². The van der Waals surface area contributed by atoms with Gasteiger partial charge < -0.3 is 10.1 Å². The minimum atomic E-state index is -3.70. The minimum Gasteiger partial charge on any atom is -0.470 e. The van der Waals surface area contributed by atoms with Gasteiger partial charge in [0.2, 0.25) is 5.44 Å². The van der Waals surface area contributed by atoms with E-state index in [1.165, 1.54) is 4.31 Å². The molecule has 0 aliphatic carbocycles. The van der Waals surface area contributed by atoms with Gasteiger partial charge in [-0.25, -0.2) is 12.7 Å². The van der Waals surface area contributed by atoms with E-state index in [1.807, 2.05) is 13.1 Å². The molecule has 136 valence electrons. The molecule has 2 aromatic carbocycles. The molecule has 1 atom stereocenters. The van der Waals surface area contributed by atoms with E-state index in [0.29, 0.717) is 35.0 Å². The minimum absolute atomic E-state index is 0. The lowest BCUT2D eigenvalue weighted by Gasteiger charge is -2.35. The molecule has 1 aliphatic heterocycles. The summed E-state index contributed by atoms with van der Waals surface area (Å²) in [5.41, 5.74) is 0.0984. The number of nitrogens with zero attached hydrogens (tertiary/aromatic N) is 1. The Kier molecular flexibility index (Phi) is 6.57. The molecule has 0 radical (unpaired) electrons. The summed E-state index contributed by atoms with van der Waals surface area (Å²) in [6.45, 7) is 0.730. The molecule has 3 rings (SSSR count). The maximum atomic E-state index is 13.1. The van der Waals surface area contributed by atoms with Crippen molar-refractivity contribution in [1.82, 2.24) is 5.32 Å². The molecular weight excluding hydrogens is 383 g/mol. The Hall–Kier alpha value is -1.47. The predicted octanol–water partition coefficient (Wildman–Crippen LogP) is 3.95. The van der Waals surface area contributed by atoms with Crippen molar-refractivity contribution in [3.63, 3.8) is 0 Å². The van der Waals surface area contributed by atoms with E-state index in [0.717, 1.165) is 6.54 Å². The van der Waals surface area contributed by atoms with Crippen molar-refractivity contribution in [2.75, 3.05) is 17.9 Å². The maximum absolute atomic E-state index is 13.1. The fourth-order valence-corrected chi connectivity index (χ4v) is 4.63. The second-order valence-electron chi connectivity index (χ2n) is 5.55. The third kappa shape index (κ3) is 4.03. The van der Waals surface area contributed by atoms with Crippen molar-refractivity contribution in [2.24, 2.45) is 0 Å². The second kappa shape index (κ2) is 8.27. The molecule has 0 fully saturated rings. The van der Waals surface area contributed by atoms with E-state index in [1.54, 1.807) is 42.5 Å². The summed E-state index contributed by atoms with van der Waals surface area (Å²) in [5, 5.41) is 3.48. The molecule has 0 bridgehead atoms. The number of sulfonamides is 1. The average molecular weight is 403 g/mol. The molecule has 1 aliphatic rings. The van der Waals surface area contributed by atoms with Crippen molar-refractivity contribution in [3.05, 3.63) is 53.6 Å². The van der Waals surface area contributed by atoms with E-state index < -0.39 is 15.5 Å². The highest BCUT2D eigenvalue weighted by molar-refractivity contribution is 7.93. The first-order valence-electron chi connectivity index (χ1n) is 7.74. The molecule has 2 aromatic rings. The molecule has 8 heteroatoms. The smallest absolute Gasteiger partial charge is 0.277 e. The van der Waals surface area contributed by atoms with Gasteiger partial charge in [0, 0.05) is 11.4 Å². The first-order chi connectivity index (χ1) is 11.5. The molecule has 0 saturated heterocycles. The summed E-state index contributed by atoms with van der Waals surface area (Å²) in [6.07, 6.45) is 1.11. The lowest BCUT2D eigenvalue weighted by molar-refractivity contribution is 0.254. The molecule has 5 nitrogen and oxygen atoms in total. The van der Waals surface area contributed by atoms with Crippen LogP contribution in [0.4, 0.5) is 11.4 Å². The third-order valence-electron chi connectivity index (χ3n) is 3.84. The molecule has 25 heavy (non-hydrogen) atoms. The first-order valence-corrected chi connectivity index (χ1v) is 9.62. The van der Waals surface area contributed by atoms with Crippen LogP contribution in [0.5, 0.6) is 5.75 Å². The number of anilines is 2. The lowest BCUT2D eigenvalue weighted by Crippen LogP contribution is -2.43. The van der Waals surface area contributed by atoms with E-state index >= 15 is 0 Å². The van der Waals surface area contributed by atoms with Gasteiger partial charge in [0.15, 0.2) is 0 Å². The van der Waals surface area contributed by atoms with Crippen molar-refractivity contribution < 1.29 is 13.2 Å². The third-order valence-corrected chi connectivity index (χ3v) is 5.99. The van der Waals surface area contributed by atoms with Crippen molar-refractivity contribution in [2.45, 2.75) is 18.3 Å². The Labute approximate surface area is 159 Å². The molecule has 0 spiro atoms. The van der Waals surface area contributed by atoms with E-state index in [2.05, 4.69) is 5.32 Å². The zero-order valence-corrected chi connectivity index (χ0v) is 16.1. The van der Waals surface area contributed by atoms with Crippen LogP contribution < -0.4 is 14.4 Å². The Morgan fingerprint density at radius 3 is 2.60 bits per heavy atom. The summed E-state index contributed by atoms with van der Waals surface area (Å²) >= 11 is 6.08. The standard InChI is InChI=1S/C17H19ClN2O3S.ClH/c1-19-11-5-8-17-23-16-10-9-13(18)12-15(16)20(24(17,21)22)14-6-3-2-4-7-14;/h2-4,6-7,9-10,12,17,19H,5,8,11H2,1H3;1H. The molecule has 0 saturated carbocycles. The molecule has 1 unspecified atom stereocenters. The van der Waals surface area contributed by atoms with Crippen LogP contribution in [0.2, 0.25) is 5.02 Å². The van der Waals surface area contributed by atoms with Gasteiger partial charge in [0.25, 0.3) is 10.0 Å². The number of rotatable bonds is 5. The quantitative estimate of drug-likeness (QED) is 0.769. The maximum Gasteiger partial charge on any atom is 0.277 e. The molecule has 1 N–H and O–H groups in total. The first kappa shape index (κ1) is 19.8. The molecule has 0 aromatic heterocycles. The summed E-state index contributed by atoms with van der Waals surface area (Å²) in [7, 11) is -1.87. The number of para-hydroxylation sites is 1. The Morgan fingerprint density at radius 2 is 1.92 bits per heavy atom. The zero-order valence-electron chi connectivity index (χ0n) is 13.7. The van der Waals surface area contributed by atoms with Crippen molar-refractivity contribution in [3.8, 4) is 5.75 Å². The van der Waals surface area contributed by atoms with Gasteiger partial charge >= 0.3 is 0 Å². The van der Waals surface area contributed by atoms with Gasteiger partial charge in [0.05, 0.1) is 5.69 Å². The number of halogens is 2. The van der Waals surface area contributed by atoms with Crippen LogP contribution in [-0.4, -0.2) is 27.4 Å². The van der Waals surface area contributed by atoms with E-state index in [4.69, 9.17) is 16.3 Å². The number of nitrogens with one attached hydrogen (secondary N) is 1. The van der Waals surface area contributed by atoms with Gasteiger partial charge in [-0.05, 0) is 50.3 Å². The Morgan fingerprint density at radius 1 is 1.20 bits per heavy atom. The van der Waals surface area contributed by atoms with Crippen LogP contribution in [0.25, 0.3) is 0 Å². The Bertz CT molecular complexity index is 816. The predicted molar refractivity (Wildman–Crippen MR) is 104 cm³/mol. The highest BCUT2D eigenvalue weighted by Gasteiger charge is 2.40. The van der Waals surface area contributed by atoms with Gasteiger partial charge in [0.1, 0.15) is 11.4 Å². The normalized spacial score (nSPS) is 18.0. The fraction of sp³-hybridized carbons (Fsp3) is 0.294. The van der Waals surface area contributed by atoms with Crippen LogP contribution in [-0.2, 0) is 10.0 Å². The molecule has 1 heterocycles. The molecular formula is C17H20Cl2N2O3S. The lowest BCUT2D eigenvalue weighted by atomic mass is 10.2. The Balaban J connectivity index is 0.00000225. The number of benzene rings is 2. The van der Waals surface area contributed by atoms with E-state index in [9.17, 15) is 8.42 Å². The van der Waals surface area contributed by atoms with Gasteiger partial charge in [-0.3, -0.25) is 0 Å². The summed E-state index contributed by atoms with van der Waals surface area (Å²) < 4.78 is 33.4. The second-order valence-corrected chi connectivity index (χ2v) is 7.91. The number of ether oxygens (including phenoxy) is 1. The van der Waals surface area contributed by atoms with Crippen molar-refractivity contribution in [1.29, 1.82) is 0 Å². The van der Waals surface area contributed by atoms with Crippen molar-refractivity contribution >= 4 is 45.4 Å². The van der Waals surface area contributed by atoms with Gasteiger partial charge in [-0.15, -0.1) is 12.4 Å². The summed E-state index contributed by atoms with van der Waals surface area (Å²) in [4.78, 5) is 0. The highest BCUT2D eigenvalue weighted by Crippen LogP contribution is 2.44. The SMILES string of the molecule is CNCCCC1Oc2ccc(Cl)cc2N(c2ccccc2)S1(=O)=O.Cl. The largest absolute Gasteiger partial charge is 0.470 e. The van der Waals surface area contributed by atoms with Crippen LogP contribution in [0.3, 0.4) is 0 Å². The zero-order chi connectivity index (χ0) is 17.2. The van der Waals surface area contributed by atoms with Crippen LogP contribution >= 0.6 is 24.0 Å². The average Bonchev–Trinajstić information content (AvgIpc) is 2.56. The fourth-order valence-electron chi connectivity index (χ4n) is 2.71. The van der Waals surface area contributed by atoms with Crippen LogP contribution in [0.1, 0.15) is 12.8 Å². The molecule has 0 amide bonds. The number of fused-ring (bicyclic) bond motifs is 1. The topological polar surface area (TPSA) is 58.6 Å². The summed E-state index contributed by atoms with van der Waals surface area (Å²) in [6, 6.07) is 14.0. The number of hydrogen-bond donors (Lipinski definition) is 1.